The summed E-state index contributed by atoms with van der Waals surface area (Å²) < 4.78 is 54.7. The molecular weight excluding hydrogens is 498 g/mol. The molecule has 2 aromatic rings. The second kappa shape index (κ2) is 11.4. The highest BCUT2D eigenvalue weighted by Crippen LogP contribution is 2.24. The zero-order valence-corrected chi connectivity index (χ0v) is 22.4. The summed E-state index contributed by atoms with van der Waals surface area (Å²) in [6, 6.07) is 16.6. The number of nitrogens with zero attached hydrogens (tertiary/aromatic N) is 3. The quantitative estimate of drug-likeness (QED) is 0.520. The van der Waals surface area contributed by atoms with Gasteiger partial charge in [-0.25, -0.2) is 21.1 Å². The molecule has 2 aromatic carbocycles. The van der Waals surface area contributed by atoms with Crippen molar-refractivity contribution in [2.45, 2.75) is 37.5 Å². The second-order valence-electron chi connectivity index (χ2n) is 9.64. The van der Waals surface area contributed by atoms with Gasteiger partial charge in [-0.3, -0.25) is 4.79 Å². The van der Waals surface area contributed by atoms with Crippen molar-refractivity contribution in [1.29, 1.82) is 0 Å². The van der Waals surface area contributed by atoms with Gasteiger partial charge in [0.2, 0.25) is 26.0 Å². The molecule has 1 unspecified atom stereocenters. The fourth-order valence-electron chi connectivity index (χ4n) is 4.90. The molecule has 8 nitrogen and oxygen atoms in total. The topological polar surface area (TPSA) is 95.1 Å². The highest BCUT2D eigenvalue weighted by atomic mass is 32.2. The summed E-state index contributed by atoms with van der Waals surface area (Å²) in [7, 11) is -7.04. The number of benzene rings is 2. The lowest BCUT2D eigenvalue weighted by molar-refractivity contribution is -0.137. The Bertz CT molecular complexity index is 1240. The minimum absolute atomic E-state index is 0.0678. The Hall–Kier alpha value is -2.27. The normalized spacial score (nSPS) is 20.4. The summed E-state index contributed by atoms with van der Waals surface area (Å²) in [5.41, 5.74) is 2.10. The van der Waals surface area contributed by atoms with Gasteiger partial charge in [0.25, 0.3) is 0 Å². The van der Waals surface area contributed by atoms with Crippen LogP contribution in [0.5, 0.6) is 0 Å². The summed E-state index contributed by atoms with van der Waals surface area (Å²) in [5.74, 6) is -0.396. The van der Waals surface area contributed by atoms with Crippen molar-refractivity contribution >= 4 is 26.0 Å². The van der Waals surface area contributed by atoms with E-state index < -0.39 is 20.0 Å². The Morgan fingerprint density at radius 2 is 1.53 bits per heavy atom. The van der Waals surface area contributed by atoms with Gasteiger partial charge in [0.1, 0.15) is 0 Å². The highest BCUT2D eigenvalue weighted by Gasteiger charge is 2.36. The third-order valence-electron chi connectivity index (χ3n) is 7.05. The van der Waals surface area contributed by atoms with Gasteiger partial charge in [0.15, 0.2) is 0 Å². The molecule has 2 aliphatic heterocycles. The maximum absolute atomic E-state index is 13.2. The Morgan fingerprint density at radius 3 is 2.19 bits per heavy atom. The molecule has 0 aromatic heterocycles. The monoisotopic (exact) mass is 533 g/mol. The summed E-state index contributed by atoms with van der Waals surface area (Å²) in [4.78, 5) is 15.2. The average molecular weight is 534 g/mol. The molecule has 0 radical (unpaired) electrons. The number of hydrogen-bond acceptors (Lipinski definition) is 5. The fraction of sp³-hybridized carbons (Fsp3) is 0.500. The Labute approximate surface area is 215 Å². The number of piperidine rings is 1. The maximum Gasteiger partial charge on any atom is 0.243 e. The second-order valence-corrected chi connectivity index (χ2v) is 13.7. The van der Waals surface area contributed by atoms with E-state index >= 15 is 0 Å². The van der Waals surface area contributed by atoms with Gasteiger partial charge in [-0.15, -0.1) is 0 Å². The first-order valence-corrected chi connectivity index (χ1v) is 15.6. The van der Waals surface area contributed by atoms with E-state index in [9.17, 15) is 21.6 Å². The Balaban J connectivity index is 1.30. The van der Waals surface area contributed by atoms with Gasteiger partial charge in [-0.2, -0.15) is 4.31 Å². The van der Waals surface area contributed by atoms with Gasteiger partial charge in [0, 0.05) is 39.3 Å². The number of carbonyl (C=O) groups is 1. The first kappa shape index (κ1) is 26.8. The molecule has 10 heteroatoms. The van der Waals surface area contributed by atoms with E-state index in [0.29, 0.717) is 45.3 Å². The molecule has 1 atom stereocenters. The minimum atomic E-state index is -3.60. The maximum atomic E-state index is 13.2. The van der Waals surface area contributed by atoms with Gasteiger partial charge in [-0.05, 0) is 50.3 Å². The van der Waals surface area contributed by atoms with E-state index in [1.165, 1.54) is 8.61 Å². The smallest absolute Gasteiger partial charge is 0.243 e. The van der Waals surface area contributed by atoms with Crippen LogP contribution >= 0.6 is 0 Å². The van der Waals surface area contributed by atoms with Crippen LogP contribution in [0.4, 0.5) is 0 Å². The van der Waals surface area contributed by atoms with Gasteiger partial charge in [0.05, 0.1) is 16.6 Å². The van der Waals surface area contributed by atoms with Crippen molar-refractivity contribution < 1.29 is 21.6 Å². The van der Waals surface area contributed by atoms with E-state index in [2.05, 4.69) is 0 Å². The van der Waals surface area contributed by atoms with E-state index in [0.717, 1.165) is 11.1 Å². The average Bonchev–Trinajstić information content (AvgIpc) is 2.89. The van der Waals surface area contributed by atoms with Crippen LogP contribution in [0.1, 0.15) is 30.4 Å². The number of sulfonamides is 2. The van der Waals surface area contributed by atoms with Crippen molar-refractivity contribution in [1.82, 2.24) is 13.5 Å². The van der Waals surface area contributed by atoms with Gasteiger partial charge in [-0.1, -0.05) is 48.0 Å². The van der Waals surface area contributed by atoms with E-state index in [1.54, 1.807) is 29.2 Å². The van der Waals surface area contributed by atoms with Crippen LogP contribution < -0.4 is 0 Å². The van der Waals surface area contributed by atoms with Crippen LogP contribution in [-0.2, 0) is 31.3 Å². The molecule has 0 aliphatic carbocycles. The van der Waals surface area contributed by atoms with E-state index in [4.69, 9.17) is 0 Å². The molecule has 196 valence electrons. The summed E-state index contributed by atoms with van der Waals surface area (Å²) in [5, 5.41) is 0. The lowest BCUT2D eigenvalue weighted by Crippen LogP contribution is -2.54. The van der Waals surface area contributed by atoms with Crippen molar-refractivity contribution in [3.8, 4) is 0 Å². The molecule has 0 spiro atoms. The SMILES string of the molecule is Cc1ccc(S(=O)(=O)N2CCN(C(=O)C3CCCN(S(=O)(=O)CCCc4ccccc4)C3)CC2)cc1. The third kappa shape index (κ3) is 6.34. The van der Waals surface area contributed by atoms with Crippen molar-refractivity contribution in [3.05, 3.63) is 65.7 Å². The molecule has 4 rings (SSSR count). The number of hydrogen-bond donors (Lipinski definition) is 0. The van der Waals surface area contributed by atoms with Crippen molar-refractivity contribution in [2.75, 3.05) is 45.0 Å². The molecule has 0 N–H and O–H groups in total. The summed E-state index contributed by atoms with van der Waals surface area (Å²) in [6.45, 7) is 3.64. The van der Waals surface area contributed by atoms with Crippen LogP contribution in [0.15, 0.2) is 59.5 Å². The molecule has 2 saturated heterocycles. The Morgan fingerprint density at radius 1 is 0.861 bits per heavy atom. The minimum Gasteiger partial charge on any atom is -0.340 e. The van der Waals surface area contributed by atoms with Crippen molar-refractivity contribution in [2.24, 2.45) is 5.92 Å². The lowest BCUT2D eigenvalue weighted by atomic mass is 9.98. The number of amides is 1. The zero-order valence-electron chi connectivity index (χ0n) is 20.8. The summed E-state index contributed by atoms with van der Waals surface area (Å²) in [6.07, 6.45) is 2.54. The standard InChI is InChI=1S/C26H35N3O5S2/c1-22-11-13-25(14-12-22)36(33,34)28-18-16-27(17-19-28)26(30)24-10-5-15-29(21-24)35(31,32)20-6-9-23-7-3-2-4-8-23/h2-4,7-8,11-14,24H,5-6,9-10,15-21H2,1H3. The van der Waals surface area contributed by atoms with E-state index in [1.807, 2.05) is 37.3 Å². The van der Waals surface area contributed by atoms with Crippen LogP contribution in [-0.4, -0.2) is 81.3 Å². The predicted molar refractivity (Wildman–Crippen MR) is 139 cm³/mol. The molecule has 2 aliphatic rings. The molecule has 1 amide bonds. The number of piperazine rings is 1. The molecular formula is C26H35N3O5S2. The van der Waals surface area contributed by atoms with Crippen LogP contribution in [0.2, 0.25) is 0 Å². The molecule has 2 heterocycles. The largest absolute Gasteiger partial charge is 0.340 e. The van der Waals surface area contributed by atoms with Crippen LogP contribution in [0.3, 0.4) is 0 Å². The van der Waals surface area contributed by atoms with Crippen LogP contribution in [0, 0.1) is 12.8 Å². The zero-order chi connectivity index (χ0) is 25.8. The van der Waals surface area contributed by atoms with Crippen LogP contribution in [0.25, 0.3) is 0 Å². The number of carbonyl (C=O) groups excluding carboxylic acids is 1. The Kier molecular flexibility index (Phi) is 8.49. The van der Waals surface area contributed by atoms with E-state index in [-0.39, 0.29) is 42.1 Å². The fourth-order valence-corrected chi connectivity index (χ4v) is 7.90. The number of aryl methyl sites for hydroxylation is 2. The van der Waals surface area contributed by atoms with Gasteiger partial charge >= 0.3 is 0 Å². The molecule has 0 bridgehead atoms. The predicted octanol–water partition coefficient (Wildman–Crippen LogP) is 2.50. The number of rotatable bonds is 8. The summed E-state index contributed by atoms with van der Waals surface area (Å²) >= 11 is 0. The molecule has 0 saturated carbocycles. The first-order valence-electron chi connectivity index (χ1n) is 12.5. The molecule has 2 fully saturated rings. The first-order chi connectivity index (χ1) is 17.2. The molecule has 36 heavy (non-hydrogen) atoms. The lowest BCUT2D eigenvalue weighted by Gasteiger charge is -2.38. The van der Waals surface area contributed by atoms with Gasteiger partial charge < -0.3 is 4.90 Å². The van der Waals surface area contributed by atoms with Crippen molar-refractivity contribution in [3.63, 3.8) is 0 Å². The highest BCUT2D eigenvalue weighted by molar-refractivity contribution is 7.89. The third-order valence-corrected chi connectivity index (χ3v) is 10.9.